The first-order chi connectivity index (χ1) is 19.7. The van der Waals surface area contributed by atoms with Crippen molar-refractivity contribution >= 4 is 11.3 Å². The minimum absolute atomic E-state index is 0.196. The van der Waals surface area contributed by atoms with Gasteiger partial charge >= 0.3 is 0 Å². The first-order valence-corrected chi connectivity index (χ1v) is 13.8. The van der Waals surface area contributed by atoms with E-state index >= 15 is 0 Å². The maximum absolute atomic E-state index is 9.68. The number of hydrogen-bond donors (Lipinski definition) is 1. The summed E-state index contributed by atoms with van der Waals surface area (Å²) in [6.07, 6.45) is 10.9. The van der Waals surface area contributed by atoms with Crippen LogP contribution in [0.3, 0.4) is 0 Å². The van der Waals surface area contributed by atoms with Crippen LogP contribution in [0.15, 0.2) is 55.1 Å². The number of rotatable bonds is 11. The lowest BCUT2D eigenvalue weighted by atomic mass is 9.87. The Labute approximate surface area is 233 Å². The maximum Gasteiger partial charge on any atom is 0.212 e. The molecule has 0 radical (unpaired) electrons. The number of pyridine rings is 3. The van der Waals surface area contributed by atoms with Crippen LogP contribution in [0.25, 0.3) is 16.6 Å². The van der Waals surface area contributed by atoms with E-state index in [9.17, 15) is 5.26 Å². The van der Waals surface area contributed by atoms with E-state index in [1.165, 1.54) is 12.0 Å². The molecule has 1 N–H and O–H groups in total. The molecule has 2 unspecified atom stereocenters. The molecule has 3 fully saturated rings. The molecule has 4 aromatic rings. The Balaban J connectivity index is 1.16. The number of piperazine rings is 1. The Hall–Kier alpha value is -4.20. The van der Waals surface area contributed by atoms with Gasteiger partial charge < -0.3 is 19.5 Å². The number of aromatic nitrogens is 4. The quantitative estimate of drug-likeness (QED) is 0.285. The van der Waals surface area contributed by atoms with Crippen molar-refractivity contribution in [3.05, 3.63) is 66.2 Å². The monoisotopic (exact) mass is 539 g/mol. The van der Waals surface area contributed by atoms with Crippen LogP contribution >= 0.6 is 0 Å². The first-order valence-electron chi connectivity index (χ1n) is 13.8. The molecule has 7 heterocycles. The van der Waals surface area contributed by atoms with E-state index in [1.54, 1.807) is 24.0 Å². The molecule has 0 aromatic carbocycles. The van der Waals surface area contributed by atoms with Crippen molar-refractivity contribution in [3.63, 3.8) is 0 Å². The molecule has 4 aromatic heterocycles. The molecule has 40 heavy (non-hydrogen) atoms. The van der Waals surface area contributed by atoms with Gasteiger partial charge in [0.15, 0.2) is 0 Å². The summed E-state index contributed by atoms with van der Waals surface area (Å²) in [7, 11) is 1.63. The summed E-state index contributed by atoms with van der Waals surface area (Å²) in [4.78, 5) is 14.1. The molecule has 10 nitrogen and oxygen atoms in total. The molecule has 10 heteroatoms. The lowest BCUT2D eigenvalue weighted by molar-refractivity contribution is -0.00876. The molecule has 7 rings (SSSR count). The SMILES string of the molecule is COc1ccc(CN2C3CC2CN(c2ccc(-c4cc(OCCCCCO)cn5ncc(C#N)c45)cn2)C3)cn1. The van der Waals surface area contributed by atoms with Gasteiger partial charge in [0.25, 0.3) is 0 Å². The number of hydrogen-bond acceptors (Lipinski definition) is 9. The van der Waals surface area contributed by atoms with Gasteiger partial charge in [-0.15, -0.1) is 0 Å². The molecule has 3 saturated heterocycles. The number of aliphatic hydroxyl groups is 1. The summed E-state index contributed by atoms with van der Waals surface area (Å²) in [6.45, 7) is 3.53. The molecule has 3 aliphatic heterocycles. The number of methoxy groups -OCH3 is 1. The Bertz CT molecular complexity index is 1490. The van der Waals surface area contributed by atoms with E-state index in [-0.39, 0.29) is 6.61 Å². The summed E-state index contributed by atoms with van der Waals surface area (Å²) in [6, 6.07) is 13.4. The van der Waals surface area contributed by atoms with Gasteiger partial charge in [-0.1, -0.05) is 6.07 Å². The van der Waals surface area contributed by atoms with Gasteiger partial charge in [0.05, 0.1) is 37.2 Å². The fraction of sp³-hybridized carbons (Fsp3) is 0.400. The fourth-order valence-corrected chi connectivity index (χ4v) is 5.76. The van der Waals surface area contributed by atoms with Crippen molar-refractivity contribution in [1.29, 1.82) is 5.26 Å². The van der Waals surface area contributed by atoms with Crippen molar-refractivity contribution in [2.24, 2.45) is 0 Å². The van der Waals surface area contributed by atoms with E-state index in [1.807, 2.05) is 24.5 Å². The molecule has 0 spiro atoms. The van der Waals surface area contributed by atoms with E-state index in [0.717, 1.165) is 61.4 Å². The number of nitrogens with zero attached hydrogens (tertiary/aromatic N) is 7. The molecular formula is C30H33N7O3. The zero-order chi connectivity index (χ0) is 27.5. The zero-order valence-electron chi connectivity index (χ0n) is 22.6. The van der Waals surface area contributed by atoms with Crippen molar-refractivity contribution < 1.29 is 14.6 Å². The van der Waals surface area contributed by atoms with Gasteiger partial charge in [0.2, 0.25) is 5.88 Å². The van der Waals surface area contributed by atoms with Crippen LogP contribution in [0.1, 0.15) is 36.8 Å². The van der Waals surface area contributed by atoms with Gasteiger partial charge in [0.1, 0.15) is 17.6 Å². The third-order valence-electron chi connectivity index (χ3n) is 7.88. The number of anilines is 1. The predicted molar refractivity (Wildman–Crippen MR) is 150 cm³/mol. The number of fused-ring (bicyclic) bond motifs is 3. The number of ether oxygens (including phenoxy) is 2. The van der Waals surface area contributed by atoms with E-state index < -0.39 is 0 Å². The highest BCUT2D eigenvalue weighted by Crippen LogP contribution is 2.36. The highest BCUT2D eigenvalue weighted by atomic mass is 16.5. The van der Waals surface area contributed by atoms with Crippen molar-refractivity contribution in [1.82, 2.24) is 24.5 Å². The molecule has 3 aliphatic rings. The third kappa shape index (κ3) is 5.18. The molecule has 2 bridgehead atoms. The Morgan fingerprint density at radius 3 is 2.62 bits per heavy atom. The van der Waals surface area contributed by atoms with Crippen molar-refractivity contribution in [2.75, 3.05) is 38.3 Å². The average molecular weight is 540 g/mol. The van der Waals surface area contributed by atoms with Crippen molar-refractivity contribution in [3.8, 4) is 28.8 Å². The summed E-state index contributed by atoms with van der Waals surface area (Å²) in [5.41, 5.74) is 4.23. The van der Waals surface area contributed by atoms with Crippen LogP contribution in [0.2, 0.25) is 0 Å². The smallest absolute Gasteiger partial charge is 0.212 e. The molecule has 0 aliphatic carbocycles. The Morgan fingerprint density at radius 1 is 1.05 bits per heavy atom. The highest BCUT2D eigenvalue weighted by molar-refractivity contribution is 5.85. The number of nitriles is 1. The average Bonchev–Trinajstić information content (AvgIpc) is 3.43. The third-order valence-corrected chi connectivity index (χ3v) is 7.88. The second-order valence-electron chi connectivity index (χ2n) is 10.4. The van der Waals surface area contributed by atoms with Gasteiger partial charge in [-0.3, -0.25) is 4.90 Å². The summed E-state index contributed by atoms with van der Waals surface area (Å²) in [5, 5.41) is 23.1. The fourth-order valence-electron chi connectivity index (χ4n) is 5.76. The van der Waals surface area contributed by atoms with Gasteiger partial charge in [-0.25, -0.2) is 14.5 Å². The normalized spacial score (nSPS) is 18.4. The molecule has 206 valence electrons. The van der Waals surface area contributed by atoms with Crippen molar-refractivity contribution in [2.45, 2.75) is 44.3 Å². The summed E-state index contributed by atoms with van der Waals surface area (Å²) >= 11 is 0. The molecule has 0 saturated carbocycles. The molecule has 0 amide bonds. The number of piperidine rings is 1. The van der Waals surface area contributed by atoms with Gasteiger partial charge in [-0.05, 0) is 49.4 Å². The van der Waals surface area contributed by atoms with Gasteiger partial charge in [0, 0.05) is 67.9 Å². The number of aliphatic hydroxyl groups excluding tert-OH is 1. The lowest BCUT2D eigenvalue weighted by Crippen LogP contribution is -2.68. The first kappa shape index (κ1) is 26.0. The van der Waals surface area contributed by atoms with Crippen LogP contribution < -0.4 is 14.4 Å². The second-order valence-corrected chi connectivity index (χ2v) is 10.4. The van der Waals surface area contributed by atoms with E-state index in [4.69, 9.17) is 19.6 Å². The Morgan fingerprint density at radius 2 is 1.93 bits per heavy atom. The molecular weight excluding hydrogens is 506 g/mol. The topological polar surface area (TPSA) is 112 Å². The summed E-state index contributed by atoms with van der Waals surface area (Å²) in [5.74, 6) is 2.29. The largest absolute Gasteiger partial charge is 0.492 e. The maximum atomic E-state index is 9.68. The van der Waals surface area contributed by atoms with Crippen LogP contribution in [0, 0.1) is 11.3 Å². The number of unbranched alkanes of at least 4 members (excludes halogenated alkanes) is 2. The van der Waals surface area contributed by atoms with Crippen LogP contribution in [-0.4, -0.2) is 75.1 Å². The van der Waals surface area contributed by atoms with Crippen LogP contribution in [0.4, 0.5) is 5.82 Å². The standard InChI is InChI=1S/C30H33N7O3/c1-39-29-8-5-21(14-33-29)17-36-24-11-25(36)19-35(18-24)28-7-6-22(15-32-28)27-12-26(40-10-4-2-3-9-38)20-37-30(27)23(13-31)16-34-37/h5-8,12,14-16,20,24-25,38H,2-4,9-11,17-19H2,1H3. The zero-order valence-corrected chi connectivity index (χ0v) is 22.6. The second kappa shape index (κ2) is 11.5. The minimum atomic E-state index is 0.196. The lowest BCUT2D eigenvalue weighted by Gasteiger charge is -2.56. The van der Waals surface area contributed by atoms with E-state index in [2.05, 4.69) is 44.2 Å². The molecule has 2 atom stereocenters. The Kier molecular flexibility index (Phi) is 7.49. The minimum Gasteiger partial charge on any atom is -0.492 e. The highest BCUT2D eigenvalue weighted by Gasteiger charge is 2.44. The van der Waals surface area contributed by atoms with Crippen LogP contribution in [-0.2, 0) is 6.54 Å². The summed E-state index contributed by atoms with van der Waals surface area (Å²) < 4.78 is 12.9. The van der Waals surface area contributed by atoms with E-state index in [0.29, 0.717) is 35.9 Å². The predicted octanol–water partition coefficient (Wildman–Crippen LogP) is 3.68. The van der Waals surface area contributed by atoms with Crippen LogP contribution in [0.5, 0.6) is 11.6 Å². The van der Waals surface area contributed by atoms with Gasteiger partial charge in [-0.2, -0.15) is 10.4 Å².